The van der Waals surface area contributed by atoms with Gasteiger partial charge in [0.2, 0.25) is 0 Å². The number of nitrogens with two attached hydrogens (primary N) is 1. The molecule has 2 aromatic carbocycles. The lowest BCUT2D eigenvalue weighted by atomic mass is 10.0. The maximum absolute atomic E-state index is 13.7. The van der Waals surface area contributed by atoms with Crippen LogP contribution in [0.25, 0.3) is 5.57 Å². The van der Waals surface area contributed by atoms with Crippen LogP contribution in [0.4, 0.5) is 4.39 Å². The molecule has 0 aromatic heterocycles. The summed E-state index contributed by atoms with van der Waals surface area (Å²) in [4.78, 5) is 16.3. The molecule has 2 aromatic rings. The van der Waals surface area contributed by atoms with Gasteiger partial charge in [-0.05, 0) is 35.4 Å². The molecule has 27 heavy (non-hydrogen) atoms. The Hall–Kier alpha value is -3.12. The maximum Gasteiger partial charge on any atom is 0.259 e. The first-order valence-corrected chi connectivity index (χ1v) is 8.53. The van der Waals surface area contributed by atoms with Gasteiger partial charge in [-0.2, -0.15) is 0 Å². The van der Waals surface area contributed by atoms with Crippen molar-refractivity contribution in [2.24, 2.45) is 10.7 Å². The van der Waals surface area contributed by atoms with E-state index in [1.54, 1.807) is 6.07 Å². The number of benzene rings is 2. The molecule has 1 aliphatic rings. The minimum absolute atomic E-state index is 0.0536. The molecule has 3 rings (SSSR count). The molecule has 5 nitrogen and oxygen atoms in total. The van der Waals surface area contributed by atoms with E-state index in [1.165, 1.54) is 24.4 Å². The third-order valence-corrected chi connectivity index (χ3v) is 4.32. The molecule has 0 saturated heterocycles. The van der Waals surface area contributed by atoms with Gasteiger partial charge in [-0.1, -0.05) is 30.3 Å². The number of halogens is 2. The summed E-state index contributed by atoms with van der Waals surface area (Å²) < 4.78 is 19.2. The van der Waals surface area contributed by atoms with Gasteiger partial charge in [0.15, 0.2) is 0 Å². The Bertz CT molecular complexity index is 970. The van der Waals surface area contributed by atoms with Crippen molar-refractivity contribution in [1.29, 1.82) is 0 Å². The Kier molecular flexibility index (Phi) is 5.57. The number of aliphatic imine (C=N–C) groups is 1. The molecule has 0 atom stereocenters. The number of allylic oxidation sites excluding steroid dienone is 1. The Morgan fingerprint density at radius 2 is 2.11 bits per heavy atom. The molecule has 1 heterocycles. The predicted molar refractivity (Wildman–Crippen MR) is 104 cm³/mol. The number of nitrogens with zero attached hydrogens (tertiary/aromatic N) is 1. The summed E-state index contributed by atoms with van der Waals surface area (Å²) >= 11 is 6.30. The van der Waals surface area contributed by atoms with Crippen molar-refractivity contribution >= 4 is 29.3 Å². The number of hydrogen-bond acceptors (Lipinski definition) is 4. The summed E-state index contributed by atoms with van der Waals surface area (Å²) in [6, 6.07) is 9.28. The van der Waals surface area contributed by atoms with Gasteiger partial charge in [0.25, 0.3) is 5.91 Å². The number of hydrogen-bond donors (Lipinski definition) is 2. The van der Waals surface area contributed by atoms with Gasteiger partial charge < -0.3 is 15.8 Å². The van der Waals surface area contributed by atoms with Crippen LogP contribution < -0.4 is 15.8 Å². The van der Waals surface area contributed by atoms with Gasteiger partial charge in [0.05, 0.1) is 12.2 Å². The molecule has 3 N–H and O–H groups in total. The zero-order valence-corrected chi connectivity index (χ0v) is 15.1. The lowest BCUT2D eigenvalue weighted by Crippen LogP contribution is -2.23. The summed E-state index contributed by atoms with van der Waals surface area (Å²) in [7, 11) is 0. The van der Waals surface area contributed by atoms with Crippen molar-refractivity contribution in [3.8, 4) is 5.75 Å². The highest BCUT2D eigenvalue weighted by Crippen LogP contribution is 2.33. The quantitative estimate of drug-likeness (QED) is 0.771. The normalized spacial score (nSPS) is 13.3. The maximum atomic E-state index is 13.7. The standard InChI is InChI=1S/C20H17ClFN3O2/c1-12(15-9-18-13(6-7-27-18)8-16(15)21)11-24-19(10-23)25-20(26)14-4-2-3-5-17(14)22/h2-5,8-11H,1,6-7,23H2,(H,25,26)/b19-10+,24-11?. The second-order valence-electron chi connectivity index (χ2n) is 5.81. The van der Waals surface area contributed by atoms with Crippen LogP contribution in [0.5, 0.6) is 5.75 Å². The fourth-order valence-corrected chi connectivity index (χ4v) is 2.91. The number of carbonyl (C=O) groups excluding carboxylic acids is 1. The van der Waals surface area contributed by atoms with E-state index in [1.807, 2.05) is 12.1 Å². The molecular formula is C20H17ClFN3O2. The lowest BCUT2D eigenvalue weighted by molar-refractivity contribution is 0.0961. The molecule has 0 radical (unpaired) electrons. The van der Waals surface area contributed by atoms with Gasteiger partial charge in [-0.25, -0.2) is 9.38 Å². The van der Waals surface area contributed by atoms with E-state index in [-0.39, 0.29) is 11.4 Å². The van der Waals surface area contributed by atoms with E-state index in [9.17, 15) is 9.18 Å². The van der Waals surface area contributed by atoms with E-state index in [0.717, 1.165) is 23.9 Å². The van der Waals surface area contributed by atoms with E-state index < -0.39 is 11.7 Å². The molecule has 0 bridgehead atoms. The smallest absolute Gasteiger partial charge is 0.259 e. The van der Waals surface area contributed by atoms with E-state index >= 15 is 0 Å². The van der Waals surface area contributed by atoms with E-state index in [0.29, 0.717) is 22.8 Å². The number of amides is 1. The van der Waals surface area contributed by atoms with Crippen molar-refractivity contribution in [2.45, 2.75) is 6.42 Å². The summed E-state index contributed by atoms with van der Waals surface area (Å²) in [5, 5.41) is 2.98. The second-order valence-corrected chi connectivity index (χ2v) is 6.21. The Balaban J connectivity index is 1.73. The fraction of sp³-hybridized carbons (Fsp3) is 0.100. The SMILES string of the molecule is C=C(C=N/C(=C\N)NC(=O)c1ccccc1F)c1cc2c(cc1Cl)CCO2. The van der Waals surface area contributed by atoms with Crippen LogP contribution in [-0.2, 0) is 6.42 Å². The number of ether oxygens (including phenoxy) is 1. The predicted octanol–water partition coefficient (Wildman–Crippen LogP) is 3.69. The van der Waals surface area contributed by atoms with Crippen molar-refractivity contribution in [2.75, 3.05) is 6.61 Å². The summed E-state index contributed by atoms with van der Waals surface area (Å²) in [6.45, 7) is 4.56. The third kappa shape index (κ3) is 4.17. The van der Waals surface area contributed by atoms with Crippen molar-refractivity contribution in [3.05, 3.63) is 82.5 Å². The largest absolute Gasteiger partial charge is 0.493 e. The molecule has 138 valence electrons. The van der Waals surface area contributed by atoms with Gasteiger partial charge in [-0.15, -0.1) is 0 Å². The highest BCUT2D eigenvalue weighted by Gasteiger charge is 2.16. The summed E-state index contributed by atoms with van der Waals surface area (Å²) in [5.74, 6) is -0.467. The van der Waals surface area contributed by atoms with Crippen molar-refractivity contribution in [3.63, 3.8) is 0 Å². The first kappa shape index (κ1) is 18.7. The van der Waals surface area contributed by atoms with Crippen LogP contribution in [0.15, 0.2) is 60.0 Å². The van der Waals surface area contributed by atoms with E-state index in [2.05, 4.69) is 16.9 Å². The Labute approximate surface area is 161 Å². The summed E-state index contributed by atoms with van der Waals surface area (Å²) in [5.41, 5.74) is 7.62. The third-order valence-electron chi connectivity index (χ3n) is 4.00. The van der Waals surface area contributed by atoms with Gasteiger partial charge >= 0.3 is 0 Å². The molecule has 0 spiro atoms. The average Bonchev–Trinajstić information content (AvgIpc) is 3.11. The lowest BCUT2D eigenvalue weighted by Gasteiger charge is -2.08. The van der Waals surface area contributed by atoms with Crippen LogP contribution in [0.3, 0.4) is 0 Å². The fourth-order valence-electron chi connectivity index (χ4n) is 2.60. The molecular weight excluding hydrogens is 369 g/mol. The molecule has 1 aliphatic heterocycles. The number of rotatable bonds is 5. The first-order valence-electron chi connectivity index (χ1n) is 8.16. The number of carbonyl (C=O) groups is 1. The minimum atomic E-state index is -0.656. The molecule has 0 unspecified atom stereocenters. The Morgan fingerprint density at radius 3 is 2.85 bits per heavy atom. The van der Waals surface area contributed by atoms with Crippen LogP contribution in [-0.4, -0.2) is 18.7 Å². The van der Waals surface area contributed by atoms with Crippen LogP contribution in [0.2, 0.25) is 5.02 Å². The number of nitrogens with one attached hydrogen (secondary N) is 1. The van der Waals surface area contributed by atoms with Crippen LogP contribution >= 0.6 is 11.6 Å². The number of fused-ring (bicyclic) bond motifs is 1. The Morgan fingerprint density at radius 1 is 1.33 bits per heavy atom. The zero-order valence-electron chi connectivity index (χ0n) is 14.3. The molecule has 0 fully saturated rings. The molecule has 0 saturated carbocycles. The van der Waals surface area contributed by atoms with Gasteiger partial charge in [0.1, 0.15) is 17.4 Å². The van der Waals surface area contributed by atoms with Crippen LogP contribution in [0.1, 0.15) is 21.5 Å². The average molecular weight is 386 g/mol. The summed E-state index contributed by atoms with van der Waals surface area (Å²) in [6.07, 6.45) is 3.34. The molecule has 0 aliphatic carbocycles. The highest BCUT2D eigenvalue weighted by atomic mass is 35.5. The first-order chi connectivity index (χ1) is 13.0. The van der Waals surface area contributed by atoms with Crippen molar-refractivity contribution in [1.82, 2.24) is 5.32 Å². The topological polar surface area (TPSA) is 76.7 Å². The highest BCUT2D eigenvalue weighted by molar-refractivity contribution is 6.34. The second kappa shape index (κ2) is 8.05. The monoisotopic (exact) mass is 385 g/mol. The molecule has 1 amide bonds. The zero-order chi connectivity index (χ0) is 19.4. The van der Waals surface area contributed by atoms with Gasteiger partial charge in [0, 0.05) is 29.4 Å². The minimum Gasteiger partial charge on any atom is -0.493 e. The van der Waals surface area contributed by atoms with Crippen molar-refractivity contribution < 1.29 is 13.9 Å². The van der Waals surface area contributed by atoms with Gasteiger partial charge in [-0.3, -0.25) is 4.79 Å². The van der Waals surface area contributed by atoms with Crippen LogP contribution in [0, 0.1) is 5.82 Å². The van der Waals surface area contributed by atoms with E-state index in [4.69, 9.17) is 22.1 Å². The molecule has 7 heteroatoms.